The van der Waals surface area contributed by atoms with Gasteiger partial charge in [-0.15, -0.1) is 0 Å². The quantitative estimate of drug-likeness (QED) is 0.758. The fourth-order valence-electron chi connectivity index (χ4n) is 2.21. The van der Waals surface area contributed by atoms with Crippen LogP contribution in [0.4, 0.5) is 0 Å². The molecule has 24 heavy (non-hydrogen) atoms. The van der Waals surface area contributed by atoms with Crippen molar-refractivity contribution in [2.75, 3.05) is 6.61 Å². The number of benzene rings is 2. The van der Waals surface area contributed by atoms with Crippen LogP contribution in [0.15, 0.2) is 53.0 Å². The second-order valence-electron chi connectivity index (χ2n) is 5.47. The van der Waals surface area contributed by atoms with Gasteiger partial charge in [-0.2, -0.15) is 0 Å². The molecule has 1 N–H and O–H groups in total. The van der Waals surface area contributed by atoms with Gasteiger partial charge in [-0.1, -0.05) is 47.1 Å². The van der Waals surface area contributed by atoms with Gasteiger partial charge in [0.25, 0.3) is 5.91 Å². The van der Waals surface area contributed by atoms with Gasteiger partial charge in [0, 0.05) is 4.47 Å². The maximum atomic E-state index is 11.9. The molecule has 0 aliphatic rings. The number of halogens is 1. The molecule has 0 spiro atoms. The van der Waals surface area contributed by atoms with Gasteiger partial charge in [0.1, 0.15) is 0 Å². The van der Waals surface area contributed by atoms with Gasteiger partial charge in [0.05, 0.1) is 11.6 Å². The van der Waals surface area contributed by atoms with Crippen molar-refractivity contribution in [1.82, 2.24) is 5.32 Å². The van der Waals surface area contributed by atoms with Crippen LogP contribution in [-0.4, -0.2) is 18.5 Å². The zero-order valence-electron chi connectivity index (χ0n) is 13.7. The number of hydrogen-bond acceptors (Lipinski definition) is 3. The molecule has 2 aromatic rings. The smallest absolute Gasteiger partial charge is 0.338 e. The molecule has 0 radical (unpaired) electrons. The first-order valence-electron chi connectivity index (χ1n) is 7.80. The van der Waals surface area contributed by atoms with Crippen LogP contribution in [0.1, 0.15) is 41.4 Å². The molecule has 0 bridgehead atoms. The largest absolute Gasteiger partial charge is 0.452 e. The van der Waals surface area contributed by atoms with E-state index in [-0.39, 0.29) is 18.6 Å². The average molecular weight is 390 g/mol. The molecule has 0 fully saturated rings. The zero-order chi connectivity index (χ0) is 17.5. The highest BCUT2D eigenvalue weighted by atomic mass is 79.9. The van der Waals surface area contributed by atoms with Crippen molar-refractivity contribution in [3.05, 3.63) is 69.7 Å². The number of amides is 1. The summed E-state index contributed by atoms with van der Waals surface area (Å²) in [6.45, 7) is 3.63. The third-order valence-electron chi connectivity index (χ3n) is 3.68. The van der Waals surface area contributed by atoms with Gasteiger partial charge in [-0.25, -0.2) is 4.79 Å². The van der Waals surface area contributed by atoms with Crippen LogP contribution in [0.3, 0.4) is 0 Å². The van der Waals surface area contributed by atoms with Gasteiger partial charge in [-0.05, 0) is 48.7 Å². The fourth-order valence-corrected chi connectivity index (χ4v) is 2.47. The lowest BCUT2D eigenvalue weighted by atomic mass is 10.1. The molecule has 2 rings (SSSR count). The van der Waals surface area contributed by atoms with E-state index < -0.39 is 5.97 Å². The van der Waals surface area contributed by atoms with Crippen molar-refractivity contribution in [3.63, 3.8) is 0 Å². The van der Waals surface area contributed by atoms with E-state index in [4.69, 9.17) is 4.74 Å². The Labute approximate surface area is 150 Å². The third-order valence-corrected chi connectivity index (χ3v) is 4.21. The van der Waals surface area contributed by atoms with E-state index in [2.05, 4.69) is 21.2 Å². The Morgan fingerprint density at radius 1 is 1.08 bits per heavy atom. The number of ether oxygens (including phenoxy) is 1. The lowest BCUT2D eigenvalue weighted by Gasteiger charge is -2.14. The summed E-state index contributed by atoms with van der Waals surface area (Å²) in [5.74, 6) is -0.826. The number of carbonyl (C=O) groups excluding carboxylic acids is 2. The number of nitrogens with one attached hydrogen (secondary N) is 1. The Morgan fingerprint density at radius 2 is 1.71 bits per heavy atom. The molecule has 2 aromatic carbocycles. The molecule has 5 heteroatoms. The van der Waals surface area contributed by atoms with Gasteiger partial charge in [0.15, 0.2) is 6.61 Å². The molecule has 0 heterocycles. The average Bonchev–Trinajstić information content (AvgIpc) is 2.60. The lowest BCUT2D eigenvalue weighted by molar-refractivity contribution is -0.124. The van der Waals surface area contributed by atoms with Crippen molar-refractivity contribution in [1.29, 1.82) is 0 Å². The normalized spacial score (nSPS) is 11.6. The summed E-state index contributed by atoms with van der Waals surface area (Å²) < 4.78 is 6.04. The molecule has 0 unspecified atom stereocenters. The van der Waals surface area contributed by atoms with Crippen LogP contribution in [0.2, 0.25) is 0 Å². The Morgan fingerprint density at radius 3 is 2.29 bits per heavy atom. The maximum absolute atomic E-state index is 11.9. The Kier molecular flexibility index (Phi) is 6.55. The minimum Gasteiger partial charge on any atom is -0.452 e. The Bertz CT molecular complexity index is 696. The Balaban J connectivity index is 1.83. The highest BCUT2D eigenvalue weighted by molar-refractivity contribution is 9.10. The van der Waals surface area contributed by atoms with E-state index in [1.54, 1.807) is 12.1 Å². The zero-order valence-corrected chi connectivity index (χ0v) is 15.3. The van der Waals surface area contributed by atoms with Crippen molar-refractivity contribution in [3.8, 4) is 0 Å². The van der Waals surface area contributed by atoms with Crippen LogP contribution in [0.5, 0.6) is 0 Å². The number of esters is 1. The highest BCUT2D eigenvalue weighted by Gasteiger charge is 2.13. The van der Waals surface area contributed by atoms with E-state index in [1.165, 1.54) is 0 Å². The molecule has 126 valence electrons. The molecule has 1 amide bonds. The van der Waals surface area contributed by atoms with Crippen LogP contribution in [0.25, 0.3) is 0 Å². The molecule has 0 saturated carbocycles. The summed E-state index contributed by atoms with van der Waals surface area (Å²) in [6, 6.07) is 14.7. The highest BCUT2D eigenvalue weighted by Crippen LogP contribution is 2.16. The molecule has 1 atom stereocenters. The standard InChI is InChI=1S/C19H20BrNO3/c1-3-14-4-6-16(7-5-14)19(23)24-12-18(22)21-13(2)15-8-10-17(20)11-9-15/h4-11,13H,3,12H2,1-2H3,(H,21,22)/t13-/m0/s1. The molecular weight excluding hydrogens is 370 g/mol. The predicted octanol–water partition coefficient (Wildman–Crippen LogP) is 4.05. The number of hydrogen-bond donors (Lipinski definition) is 1. The van der Waals surface area contributed by atoms with Crippen molar-refractivity contribution in [2.24, 2.45) is 0 Å². The van der Waals surface area contributed by atoms with E-state index in [9.17, 15) is 9.59 Å². The van der Waals surface area contributed by atoms with Gasteiger partial charge in [0.2, 0.25) is 0 Å². The number of rotatable bonds is 6. The number of carbonyl (C=O) groups is 2. The summed E-state index contributed by atoms with van der Waals surface area (Å²) in [5.41, 5.74) is 2.57. The third kappa shape index (κ3) is 5.20. The van der Waals surface area contributed by atoms with Crippen LogP contribution >= 0.6 is 15.9 Å². The first-order chi connectivity index (χ1) is 11.5. The molecule has 0 aliphatic carbocycles. The number of aryl methyl sites for hydroxylation is 1. The second kappa shape index (κ2) is 8.64. The first-order valence-corrected chi connectivity index (χ1v) is 8.59. The molecule has 0 aromatic heterocycles. The summed E-state index contributed by atoms with van der Waals surface area (Å²) in [4.78, 5) is 23.9. The Hall–Kier alpha value is -2.14. The summed E-state index contributed by atoms with van der Waals surface area (Å²) in [6.07, 6.45) is 0.908. The summed E-state index contributed by atoms with van der Waals surface area (Å²) in [7, 11) is 0. The van der Waals surface area contributed by atoms with Crippen molar-refractivity contribution < 1.29 is 14.3 Å². The second-order valence-corrected chi connectivity index (χ2v) is 6.38. The minimum atomic E-state index is -0.496. The monoisotopic (exact) mass is 389 g/mol. The van der Waals surface area contributed by atoms with Gasteiger partial charge in [-0.3, -0.25) is 4.79 Å². The molecular formula is C19H20BrNO3. The first kappa shape index (κ1) is 18.2. The van der Waals surface area contributed by atoms with E-state index in [0.717, 1.165) is 22.0 Å². The predicted molar refractivity (Wildman–Crippen MR) is 96.8 cm³/mol. The van der Waals surface area contributed by atoms with E-state index in [1.807, 2.05) is 50.2 Å². The van der Waals surface area contributed by atoms with Gasteiger partial charge < -0.3 is 10.1 Å². The van der Waals surface area contributed by atoms with Crippen LogP contribution in [-0.2, 0) is 16.0 Å². The van der Waals surface area contributed by atoms with Crippen LogP contribution in [0, 0.1) is 0 Å². The summed E-state index contributed by atoms with van der Waals surface area (Å²) in [5, 5.41) is 2.81. The topological polar surface area (TPSA) is 55.4 Å². The van der Waals surface area contributed by atoms with Crippen LogP contribution < -0.4 is 5.32 Å². The fraction of sp³-hybridized carbons (Fsp3) is 0.263. The minimum absolute atomic E-state index is 0.159. The van der Waals surface area contributed by atoms with Gasteiger partial charge >= 0.3 is 5.97 Å². The van der Waals surface area contributed by atoms with E-state index in [0.29, 0.717) is 5.56 Å². The lowest BCUT2D eigenvalue weighted by Crippen LogP contribution is -2.31. The van der Waals surface area contributed by atoms with Crippen molar-refractivity contribution in [2.45, 2.75) is 26.3 Å². The molecule has 0 saturated heterocycles. The molecule has 4 nitrogen and oxygen atoms in total. The summed E-state index contributed by atoms with van der Waals surface area (Å²) >= 11 is 3.37. The molecule has 0 aliphatic heterocycles. The van der Waals surface area contributed by atoms with E-state index >= 15 is 0 Å². The maximum Gasteiger partial charge on any atom is 0.338 e. The SMILES string of the molecule is CCc1ccc(C(=O)OCC(=O)N[C@@H](C)c2ccc(Br)cc2)cc1. The van der Waals surface area contributed by atoms with Crippen molar-refractivity contribution >= 4 is 27.8 Å².